The van der Waals surface area contributed by atoms with Crippen LogP contribution in [0, 0.1) is 6.92 Å². The number of hydrogen-bond donors (Lipinski definition) is 1. The number of benzene rings is 2. The molecule has 0 spiro atoms. The number of piperazine rings is 1. The summed E-state index contributed by atoms with van der Waals surface area (Å²) < 4.78 is 6.79. The molecule has 0 bridgehead atoms. The topological polar surface area (TPSA) is 58.4 Å². The fourth-order valence-corrected chi connectivity index (χ4v) is 4.74. The van der Waals surface area contributed by atoms with Crippen molar-refractivity contribution < 1.29 is 4.42 Å². The van der Waals surface area contributed by atoms with Crippen molar-refractivity contribution in [2.24, 2.45) is 0 Å². The van der Waals surface area contributed by atoms with Gasteiger partial charge in [0.05, 0.1) is 20.8 Å². The first-order valence-electron chi connectivity index (χ1n) is 9.51. The zero-order valence-corrected chi connectivity index (χ0v) is 16.7. The molecule has 1 aliphatic rings. The van der Waals surface area contributed by atoms with Gasteiger partial charge in [0, 0.05) is 42.8 Å². The maximum atomic E-state index is 12.7. The first-order valence-corrected chi connectivity index (χ1v) is 10.3. The van der Waals surface area contributed by atoms with Crippen molar-refractivity contribution in [3.05, 3.63) is 57.9 Å². The van der Waals surface area contributed by atoms with Gasteiger partial charge in [-0.3, -0.25) is 0 Å². The van der Waals surface area contributed by atoms with Crippen LogP contribution in [0.3, 0.4) is 0 Å². The minimum Gasteiger partial charge on any atom is -0.422 e. The number of nitrogens with one attached hydrogen (secondary N) is 1. The summed E-state index contributed by atoms with van der Waals surface area (Å²) in [7, 11) is 0. The number of aromatic nitrogens is 1. The van der Waals surface area contributed by atoms with Crippen molar-refractivity contribution >= 4 is 38.2 Å². The highest BCUT2D eigenvalue weighted by atomic mass is 32.1. The van der Waals surface area contributed by atoms with E-state index in [1.807, 2.05) is 43.3 Å². The molecule has 5 nitrogen and oxygen atoms in total. The quantitative estimate of drug-likeness (QED) is 0.520. The van der Waals surface area contributed by atoms with Crippen LogP contribution in [-0.2, 0) is 0 Å². The van der Waals surface area contributed by atoms with Crippen LogP contribution in [0.15, 0.2) is 51.7 Å². The molecular weight excluding hydrogens is 370 g/mol. The Kier molecular flexibility index (Phi) is 4.18. The van der Waals surface area contributed by atoms with E-state index in [9.17, 15) is 4.79 Å². The van der Waals surface area contributed by atoms with Gasteiger partial charge in [-0.05, 0) is 49.7 Å². The van der Waals surface area contributed by atoms with Crippen molar-refractivity contribution in [3.63, 3.8) is 0 Å². The number of anilines is 1. The van der Waals surface area contributed by atoms with Crippen molar-refractivity contribution in [3.8, 4) is 11.1 Å². The third kappa shape index (κ3) is 3.08. The molecule has 142 valence electrons. The lowest BCUT2D eigenvalue weighted by Crippen LogP contribution is -2.49. The third-order valence-corrected chi connectivity index (χ3v) is 6.19. The number of thiazole rings is 1. The van der Waals surface area contributed by atoms with Crippen LogP contribution in [0.4, 0.5) is 5.69 Å². The lowest BCUT2D eigenvalue weighted by atomic mass is 10.1. The van der Waals surface area contributed by atoms with Gasteiger partial charge in [-0.2, -0.15) is 0 Å². The summed E-state index contributed by atoms with van der Waals surface area (Å²) in [5.41, 5.74) is 3.84. The van der Waals surface area contributed by atoms with Crippen LogP contribution >= 0.6 is 11.3 Å². The van der Waals surface area contributed by atoms with Gasteiger partial charge in [-0.1, -0.05) is 6.07 Å². The number of fused-ring (bicyclic) bond motifs is 2. The van der Waals surface area contributed by atoms with Crippen molar-refractivity contribution in [1.82, 2.24) is 10.3 Å². The van der Waals surface area contributed by atoms with Crippen molar-refractivity contribution in [2.45, 2.75) is 19.9 Å². The smallest absolute Gasteiger partial charge is 0.344 e. The molecule has 4 aromatic rings. The van der Waals surface area contributed by atoms with Crippen molar-refractivity contribution in [1.29, 1.82) is 0 Å². The minimum absolute atomic E-state index is 0.307. The highest BCUT2D eigenvalue weighted by Crippen LogP contribution is 2.29. The predicted molar refractivity (Wildman–Crippen MR) is 116 cm³/mol. The highest BCUT2D eigenvalue weighted by Gasteiger charge is 2.17. The van der Waals surface area contributed by atoms with Gasteiger partial charge in [0.2, 0.25) is 0 Å². The fourth-order valence-electron chi connectivity index (χ4n) is 3.87. The number of aryl methyl sites for hydroxylation is 1. The van der Waals surface area contributed by atoms with Gasteiger partial charge in [-0.15, -0.1) is 11.3 Å². The minimum atomic E-state index is -0.307. The molecule has 1 saturated heterocycles. The molecule has 0 radical (unpaired) electrons. The lowest BCUT2D eigenvalue weighted by Gasteiger charge is -2.33. The highest BCUT2D eigenvalue weighted by molar-refractivity contribution is 7.18. The Bertz CT molecular complexity index is 1240. The molecule has 2 aromatic carbocycles. The first-order chi connectivity index (χ1) is 13.6. The van der Waals surface area contributed by atoms with E-state index in [0.717, 1.165) is 51.5 Å². The average Bonchev–Trinajstić information content (AvgIpc) is 3.06. The molecule has 5 rings (SSSR count). The Morgan fingerprint density at radius 2 is 2.11 bits per heavy atom. The SMILES string of the molecule is Cc1nc2ccc(-c3cc4ccc(N5CCN[C@@H](C)C5)cc4oc3=O)cc2s1. The maximum Gasteiger partial charge on any atom is 0.344 e. The van der Waals surface area contributed by atoms with Gasteiger partial charge in [0.15, 0.2) is 0 Å². The molecule has 1 N–H and O–H groups in total. The number of nitrogens with zero attached hydrogens (tertiary/aromatic N) is 2. The van der Waals surface area contributed by atoms with Gasteiger partial charge < -0.3 is 14.6 Å². The summed E-state index contributed by atoms with van der Waals surface area (Å²) in [4.78, 5) is 19.5. The molecule has 1 fully saturated rings. The molecule has 1 aliphatic heterocycles. The average molecular weight is 391 g/mol. The van der Waals surface area contributed by atoms with Crippen LogP contribution in [0.25, 0.3) is 32.3 Å². The summed E-state index contributed by atoms with van der Waals surface area (Å²) in [6.07, 6.45) is 0. The van der Waals surface area contributed by atoms with E-state index in [1.165, 1.54) is 0 Å². The van der Waals surface area contributed by atoms with Gasteiger partial charge in [0.25, 0.3) is 0 Å². The zero-order valence-electron chi connectivity index (χ0n) is 15.9. The van der Waals surface area contributed by atoms with Crippen LogP contribution in [0.1, 0.15) is 11.9 Å². The molecular formula is C22H21N3O2S. The molecule has 0 amide bonds. The molecule has 0 saturated carbocycles. The summed E-state index contributed by atoms with van der Waals surface area (Å²) >= 11 is 1.63. The van der Waals surface area contributed by atoms with E-state index < -0.39 is 0 Å². The van der Waals surface area contributed by atoms with E-state index in [-0.39, 0.29) is 5.63 Å². The summed E-state index contributed by atoms with van der Waals surface area (Å²) in [6, 6.07) is 14.4. The van der Waals surface area contributed by atoms with E-state index in [0.29, 0.717) is 17.2 Å². The molecule has 6 heteroatoms. The van der Waals surface area contributed by atoms with Gasteiger partial charge in [0.1, 0.15) is 5.58 Å². The van der Waals surface area contributed by atoms with Crippen LogP contribution in [0.2, 0.25) is 0 Å². The Labute approximate surface area is 166 Å². The normalized spacial score (nSPS) is 17.5. The molecule has 1 atom stereocenters. The Morgan fingerprint density at radius 1 is 1.21 bits per heavy atom. The largest absolute Gasteiger partial charge is 0.422 e. The fraction of sp³-hybridized carbons (Fsp3) is 0.273. The maximum absolute atomic E-state index is 12.7. The monoisotopic (exact) mass is 391 g/mol. The third-order valence-electron chi connectivity index (χ3n) is 5.26. The molecule has 28 heavy (non-hydrogen) atoms. The molecule has 2 aromatic heterocycles. The summed E-state index contributed by atoms with van der Waals surface area (Å²) in [5, 5.41) is 5.40. The second-order valence-corrected chi connectivity index (χ2v) is 8.62. The van der Waals surface area contributed by atoms with Crippen molar-refractivity contribution in [2.75, 3.05) is 24.5 Å². The van der Waals surface area contributed by atoms with E-state index >= 15 is 0 Å². The molecule has 0 unspecified atom stereocenters. The van der Waals surface area contributed by atoms with Gasteiger partial charge in [-0.25, -0.2) is 9.78 Å². The lowest BCUT2D eigenvalue weighted by molar-refractivity contribution is 0.484. The number of rotatable bonds is 2. The van der Waals surface area contributed by atoms with Gasteiger partial charge >= 0.3 is 5.63 Å². The molecule has 0 aliphatic carbocycles. The van der Waals surface area contributed by atoms with E-state index in [4.69, 9.17) is 4.42 Å². The Balaban J connectivity index is 1.56. The second-order valence-electron chi connectivity index (χ2n) is 7.39. The standard InChI is InChI=1S/C22H21N3O2S/c1-13-12-25(8-7-23-13)17-5-3-16-9-18(22(26)27-20(16)11-17)15-4-6-19-21(10-15)28-14(2)24-19/h3-6,9-11,13,23H,7-8,12H2,1-2H3/t13-/m0/s1. The Morgan fingerprint density at radius 3 is 2.96 bits per heavy atom. The van der Waals surface area contributed by atoms with E-state index in [2.05, 4.69) is 28.2 Å². The number of hydrogen-bond acceptors (Lipinski definition) is 6. The van der Waals surface area contributed by atoms with Crippen LogP contribution in [0.5, 0.6) is 0 Å². The Hall–Kier alpha value is -2.70. The molecule has 3 heterocycles. The predicted octanol–water partition coefficient (Wildman–Crippen LogP) is 4.18. The second kappa shape index (κ2) is 6.72. The van der Waals surface area contributed by atoms with Crippen LogP contribution in [-0.4, -0.2) is 30.7 Å². The van der Waals surface area contributed by atoms with Crippen LogP contribution < -0.4 is 15.8 Å². The summed E-state index contributed by atoms with van der Waals surface area (Å²) in [5.74, 6) is 0. The zero-order chi connectivity index (χ0) is 19.3. The summed E-state index contributed by atoms with van der Waals surface area (Å²) in [6.45, 7) is 7.03. The van der Waals surface area contributed by atoms with E-state index in [1.54, 1.807) is 11.3 Å². The first kappa shape index (κ1) is 17.4.